The molecule has 1 aromatic rings. The third-order valence-corrected chi connectivity index (χ3v) is 2.20. The highest BCUT2D eigenvalue weighted by Gasteiger charge is 2.02. The average Bonchev–Trinajstić information content (AvgIpc) is 2.18. The summed E-state index contributed by atoms with van der Waals surface area (Å²) in [6.07, 6.45) is 1.92. The Hall–Kier alpha value is -1.42. The minimum absolute atomic E-state index is 0.269. The lowest BCUT2D eigenvalue weighted by atomic mass is 10.1. The summed E-state index contributed by atoms with van der Waals surface area (Å²) < 4.78 is 0. The number of nitrogens with two attached hydrogens (primary N) is 1. The highest BCUT2D eigenvalue weighted by atomic mass is 32.2. The molecule has 14 heavy (non-hydrogen) atoms. The van der Waals surface area contributed by atoms with Gasteiger partial charge in [0.15, 0.2) is 0 Å². The summed E-state index contributed by atoms with van der Waals surface area (Å²) in [5.41, 5.74) is 7.48. The summed E-state index contributed by atoms with van der Waals surface area (Å²) in [7, 11) is 0. The number of carboxylic acids is 1. The van der Waals surface area contributed by atoms with Gasteiger partial charge in [0.05, 0.1) is 5.56 Å². The van der Waals surface area contributed by atoms with E-state index in [0.717, 1.165) is 5.56 Å². The van der Waals surface area contributed by atoms with E-state index in [4.69, 9.17) is 10.8 Å². The number of hydrogen-bond donors (Lipinski definition) is 2. The number of benzene rings is 1. The SMILES string of the molecule is CS/C=C(\N)c1ccc(C(=O)O)cc1. The monoisotopic (exact) mass is 209 g/mol. The molecule has 1 rings (SSSR count). The number of carboxylic acid groups (broad SMARTS) is 1. The second-order valence-electron chi connectivity index (χ2n) is 2.69. The molecule has 3 N–H and O–H groups in total. The quantitative estimate of drug-likeness (QED) is 0.799. The van der Waals surface area contributed by atoms with Gasteiger partial charge in [-0.2, -0.15) is 0 Å². The molecule has 0 aliphatic heterocycles. The molecule has 0 aliphatic rings. The van der Waals surface area contributed by atoms with Crippen LogP contribution in [0.15, 0.2) is 29.7 Å². The van der Waals surface area contributed by atoms with Crippen molar-refractivity contribution in [1.29, 1.82) is 0 Å². The minimum atomic E-state index is -0.927. The fourth-order valence-electron chi connectivity index (χ4n) is 1.00. The molecule has 0 fully saturated rings. The van der Waals surface area contributed by atoms with Crippen LogP contribution in [-0.4, -0.2) is 17.3 Å². The minimum Gasteiger partial charge on any atom is -0.478 e. The second-order valence-corrected chi connectivity index (χ2v) is 3.40. The fraction of sp³-hybridized carbons (Fsp3) is 0.100. The van der Waals surface area contributed by atoms with E-state index in [2.05, 4.69) is 0 Å². The Bertz CT molecular complexity index is 357. The first-order valence-electron chi connectivity index (χ1n) is 3.97. The standard InChI is InChI=1S/C10H11NO2S/c1-14-6-9(11)7-2-4-8(5-3-7)10(12)13/h2-6H,11H2,1H3,(H,12,13)/b9-6-. The van der Waals surface area contributed by atoms with E-state index in [9.17, 15) is 4.79 Å². The van der Waals surface area contributed by atoms with Crippen molar-refractivity contribution in [1.82, 2.24) is 0 Å². The summed E-state index contributed by atoms with van der Waals surface area (Å²) >= 11 is 1.51. The first-order chi connectivity index (χ1) is 6.65. The lowest BCUT2D eigenvalue weighted by Gasteiger charge is -2.01. The van der Waals surface area contributed by atoms with Gasteiger partial charge >= 0.3 is 5.97 Å². The van der Waals surface area contributed by atoms with Crippen molar-refractivity contribution in [3.63, 3.8) is 0 Å². The molecular weight excluding hydrogens is 198 g/mol. The summed E-state index contributed by atoms with van der Waals surface area (Å²) in [4.78, 5) is 10.6. The zero-order valence-corrected chi connectivity index (χ0v) is 8.54. The van der Waals surface area contributed by atoms with Crippen molar-refractivity contribution in [2.24, 2.45) is 5.73 Å². The molecule has 0 atom stereocenters. The number of carbonyl (C=O) groups is 1. The highest BCUT2D eigenvalue weighted by Crippen LogP contribution is 2.13. The van der Waals surface area contributed by atoms with Gasteiger partial charge in [-0.3, -0.25) is 0 Å². The van der Waals surface area contributed by atoms with Gasteiger partial charge in [0.25, 0.3) is 0 Å². The topological polar surface area (TPSA) is 63.3 Å². The molecule has 0 spiro atoms. The first-order valence-corrected chi connectivity index (χ1v) is 5.26. The van der Waals surface area contributed by atoms with Crippen LogP contribution in [0.2, 0.25) is 0 Å². The van der Waals surface area contributed by atoms with E-state index in [1.165, 1.54) is 11.8 Å². The van der Waals surface area contributed by atoms with Gasteiger partial charge in [0.2, 0.25) is 0 Å². The molecule has 74 valence electrons. The van der Waals surface area contributed by atoms with Gasteiger partial charge in [-0.15, -0.1) is 11.8 Å². The number of thioether (sulfide) groups is 1. The van der Waals surface area contributed by atoms with Crippen molar-refractivity contribution in [2.45, 2.75) is 0 Å². The van der Waals surface area contributed by atoms with Crippen LogP contribution in [0.25, 0.3) is 5.70 Å². The number of rotatable bonds is 3. The first kappa shape index (κ1) is 10.7. The average molecular weight is 209 g/mol. The normalized spacial score (nSPS) is 11.4. The lowest BCUT2D eigenvalue weighted by Crippen LogP contribution is -1.98. The maximum atomic E-state index is 10.6. The molecular formula is C10H11NO2S. The zero-order chi connectivity index (χ0) is 10.6. The molecule has 1 aromatic carbocycles. The van der Waals surface area contributed by atoms with Crippen LogP contribution in [0.1, 0.15) is 15.9 Å². The number of aromatic carboxylic acids is 1. The highest BCUT2D eigenvalue weighted by molar-refractivity contribution is 8.01. The van der Waals surface area contributed by atoms with E-state index >= 15 is 0 Å². The van der Waals surface area contributed by atoms with E-state index in [-0.39, 0.29) is 5.56 Å². The summed E-state index contributed by atoms with van der Waals surface area (Å²) in [5, 5.41) is 10.5. The van der Waals surface area contributed by atoms with Crippen molar-refractivity contribution in [2.75, 3.05) is 6.26 Å². The predicted octanol–water partition coefficient (Wildman–Crippen LogP) is 2.00. The summed E-state index contributed by atoms with van der Waals surface area (Å²) in [6, 6.07) is 6.48. The molecule has 0 heterocycles. The molecule has 0 bridgehead atoms. The van der Waals surface area contributed by atoms with Crippen molar-refractivity contribution < 1.29 is 9.90 Å². The molecule has 4 heteroatoms. The number of hydrogen-bond acceptors (Lipinski definition) is 3. The molecule has 0 unspecified atom stereocenters. The maximum absolute atomic E-state index is 10.6. The van der Waals surface area contributed by atoms with Crippen LogP contribution < -0.4 is 5.73 Å². The van der Waals surface area contributed by atoms with Crippen molar-refractivity contribution in [3.8, 4) is 0 Å². The van der Waals surface area contributed by atoms with Gasteiger partial charge in [-0.05, 0) is 29.4 Å². The van der Waals surface area contributed by atoms with Gasteiger partial charge in [-0.25, -0.2) is 4.79 Å². The van der Waals surface area contributed by atoms with E-state index in [0.29, 0.717) is 5.70 Å². The van der Waals surface area contributed by atoms with Crippen LogP contribution in [-0.2, 0) is 0 Å². The molecule has 0 amide bonds. The van der Waals surface area contributed by atoms with Gasteiger partial charge in [0.1, 0.15) is 0 Å². The predicted molar refractivity (Wildman–Crippen MR) is 59.1 cm³/mol. The molecule has 0 aromatic heterocycles. The molecule has 0 radical (unpaired) electrons. The summed E-state index contributed by atoms with van der Waals surface area (Å²) in [5.74, 6) is -0.927. The Labute approximate surface area is 86.6 Å². The maximum Gasteiger partial charge on any atom is 0.335 e. The smallest absolute Gasteiger partial charge is 0.335 e. The summed E-state index contributed by atoms with van der Waals surface area (Å²) in [6.45, 7) is 0. The van der Waals surface area contributed by atoms with Crippen LogP contribution in [0.5, 0.6) is 0 Å². The van der Waals surface area contributed by atoms with Crippen LogP contribution in [0.3, 0.4) is 0 Å². The van der Waals surface area contributed by atoms with E-state index in [1.807, 2.05) is 11.7 Å². The Morgan fingerprint density at radius 3 is 2.29 bits per heavy atom. The molecule has 0 saturated carbocycles. The van der Waals surface area contributed by atoms with Crippen molar-refractivity contribution in [3.05, 3.63) is 40.8 Å². The lowest BCUT2D eigenvalue weighted by molar-refractivity contribution is 0.0697. The van der Waals surface area contributed by atoms with Gasteiger partial charge < -0.3 is 10.8 Å². The van der Waals surface area contributed by atoms with E-state index < -0.39 is 5.97 Å². The Kier molecular flexibility index (Phi) is 3.59. The Morgan fingerprint density at radius 2 is 1.86 bits per heavy atom. The fourth-order valence-corrected chi connectivity index (χ4v) is 1.39. The van der Waals surface area contributed by atoms with Crippen LogP contribution in [0, 0.1) is 0 Å². The Balaban J connectivity index is 2.94. The zero-order valence-electron chi connectivity index (χ0n) is 7.73. The van der Waals surface area contributed by atoms with E-state index in [1.54, 1.807) is 24.3 Å². The largest absolute Gasteiger partial charge is 0.478 e. The Morgan fingerprint density at radius 1 is 1.36 bits per heavy atom. The van der Waals surface area contributed by atoms with Gasteiger partial charge in [-0.1, -0.05) is 12.1 Å². The van der Waals surface area contributed by atoms with Crippen molar-refractivity contribution >= 4 is 23.4 Å². The molecule has 0 aliphatic carbocycles. The molecule has 3 nitrogen and oxygen atoms in total. The third kappa shape index (κ3) is 2.53. The van der Waals surface area contributed by atoms with Gasteiger partial charge in [0, 0.05) is 5.70 Å². The second kappa shape index (κ2) is 4.72. The third-order valence-electron chi connectivity index (χ3n) is 1.71. The molecule has 0 saturated heterocycles. The van der Waals surface area contributed by atoms with Crippen LogP contribution in [0.4, 0.5) is 0 Å². The van der Waals surface area contributed by atoms with Crippen LogP contribution >= 0.6 is 11.8 Å².